The number of nitrogens with zero attached hydrogens (tertiary/aromatic N) is 2. The lowest BCUT2D eigenvalue weighted by Crippen LogP contribution is -2.08. The lowest BCUT2D eigenvalue weighted by molar-refractivity contribution is 1.12. The first kappa shape index (κ1) is 18.0. The number of hydrogen-bond donors (Lipinski definition) is 2. The van der Waals surface area contributed by atoms with Gasteiger partial charge in [-0.3, -0.25) is 0 Å². The molecule has 0 aliphatic heterocycles. The van der Waals surface area contributed by atoms with Crippen molar-refractivity contribution in [1.82, 2.24) is 0 Å². The molecule has 0 heterocycles. The average molecular weight is 318 g/mol. The SMILES string of the molecule is CN(C)c1ccc(N)cc1.CSc1cc(N(C)C)ccc1N. The Hall–Kier alpha value is -2.01. The van der Waals surface area contributed by atoms with Crippen LogP contribution in [0, 0.1) is 0 Å². The maximum Gasteiger partial charge on any atom is 0.0453 e. The highest BCUT2D eigenvalue weighted by Crippen LogP contribution is 2.26. The van der Waals surface area contributed by atoms with Crippen molar-refractivity contribution >= 4 is 34.5 Å². The van der Waals surface area contributed by atoms with Crippen molar-refractivity contribution in [3.63, 3.8) is 0 Å². The fraction of sp³-hybridized carbons (Fsp3) is 0.294. The summed E-state index contributed by atoms with van der Waals surface area (Å²) in [7, 11) is 8.06. The van der Waals surface area contributed by atoms with E-state index in [4.69, 9.17) is 11.5 Å². The minimum Gasteiger partial charge on any atom is -0.399 e. The molecule has 0 aliphatic carbocycles. The molecule has 2 aromatic carbocycles. The van der Waals surface area contributed by atoms with Gasteiger partial charge >= 0.3 is 0 Å². The van der Waals surface area contributed by atoms with Crippen LogP contribution < -0.4 is 21.3 Å². The molecule has 0 aromatic heterocycles. The number of thioether (sulfide) groups is 1. The third-order valence-corrected chi connectivity index (χ3v) is 3.94. The second kappa shape index (κ2) is 8.44. The van der Waals surface area contributed by atoms with Gasteiger partial charge in [0.25, 0.3) is 0 Å². The van der Waals surface area contributed by atoms with Gasteiger partial charge < -0.3 is 21.3 Å². The van der Waals surface area contributed by atoms with Crippen LogP contribution in [0.4, 0.5) is 22.7 Å². The lowest BCUT2D eigenvalue weighted by Gasteiger charge is -2.14. The molecular weight excluding hydrogens is 292 g/mol. The van der Waals surface area contributed by atoms with Gasteiger partial charge in [0.15, 0.2) is 0 Å². The molecule has 5 heteroatoms. The summed E-state index contributed by atoms with van der Waals surface area (Å²) in [6.07, 6.45) is 2.03. The Morgan fingerprint density at radius 2 is 1.27 bits per heavy atom. The maximum atomic E-state index is 5.76. The minimum atomic E-state index is 0.811. The predicted octanol–water partition coefficient (Wildman–Crippen LogP) is 3.39. The largest absolute Gasteiger partial charge is 0.399 e. The van der Waals surface area contributed by atoms with Gasteiger partial charge in [-0.05, 0) is 48.7 Å². The topological polar surface area (TPSA) is 58.5 Å². The average Bonchev–Trinajstić information content (AvgIpc) is 2.48. The normalized spacial score (nSPS) is 9.68. The molecule has 0 amide bonds. The Morgan fingerprint density at radius 1 is 0.773 bits per heavy atom. The van der Waals surface area contributed by atoms with Crippen LogP contribution in [0.5, 0.6) is 0 Å². The zero-order valence-electron chi connectivity index (χ0n) is 14.0. The standard InChI is InChI=1S/C9H14N2S.C8H12N2/c1-11(2)7-4-5-8(10)9(6-7)12-3;1-10(2)8-5-3-7(9)4-6-8/h4-6H,10H2,1-3H3;3-6H,9H2,1-2H3. The van der Waals surface area contributed by atoms with E-state index in [1.807, 2.05) is 75.7 Å². The maximum absolute atomic E-state index is 5.76. The van der Waals surface area contributed by atoms with Gasteiger partial charge in [0, 0.05) is 55.8 Å². The summed E-state index contributed by atoms with van der Waals surface area (Å²) in [6, 6.07) is 13.9. The Balaban J connectivity index is 0.000000224. The Kier molecular flexibility index (Phi) is 6.92. The van der Waals surface area contributed by atoms with Gasteiger partial charge in [-0.1, -0.05) is 0 Å². The molecule has 4 N–H and O–H groups in total. The minimum absolute atomic E-state index is 0.811. The van der Waals surface area contributed by atoms with Crippen LogP contribution in [0.3, 0.4) is 0 Å². The quantitative estimate of drug-likeness (QED) is 0.671. The van der Waals surface area contributed by atoms with Crippen LogP contribution in [0.25, 0.3) is 0 Å². The summed E-state index contributed by atoms with van der Waals surface area (Å²) in [6.45, 7) is 0. The van der Waals surface area contributed by atoms with Crippen molar-refractivity contribution in [1.29, 1.82) is 0 Å². The first-order valence-corrected chi connectivity index (χ1v) is 8.21. The van der Waals surface area contributed by atoms with E-state index in [0.717, 1.165) is 16.3 Å². The molecule has 0 bridgehead atoms. The number of nitrogen functional groups attached to an aromatic ring is 2. The van der Waals surface area contributed by atoms with E-state index in [1.165, 1.54) is 11.4 Å². The summed E-state index contributed by atoms with van der Waals surface area (Å²) in [5.74, 6) is 0. The molecule has 0 radical (unpaired) electrons. The highest BCUT2D eigenvalue weighted by Gasteiger charge is 2.00. The first-order chi connectivity index (χ1) is 10.3. The van der Waals surface area contributed by atoms with Gasteiger partial charge in [-0.2, -0.15) is 0 Å². The van der Waals surface area contributed by atoms with Gasteiger partial charge in [0.05, 0.1) is 0 Å². The van der Waals surface area contributed by atoms with E-state index in [2.05, 4.69) is 11.0 Å². The summed E-state index contributed by atoms with van der Waals surface area (Å²) >= 11 is 1.68. The van der Waals surface area contributed by atoms with Crippen molar-refractivity contribution in [3.8, 4) is 0 Å². The van der Waals surface area contributed by atoms with Gasteiger partial charge in [0.2, 0.25) is 0 Å². The molecule has 0 unspecified atom stereocenters. The van der Waals surface area contributed by atoms with E-state index in [-0.39, 0.29) is 0 Å². The zero-order chi connectivity index (χ0) is 16.7. The van der Waals surface area contributed by atoms with Crippen molar-refractivity contribution in [3.05, 3.63) is 42.5 Å². The van der Waals surface area contributed by atoms with Gasteiger partial charge in [-0.15, -0.1) is 11.8 Å². The highest BCUT2D eigenvalue weighted by molar-refractivity contribution is 7.98. The van der Waals surface area contributed by atoms with E-state index < -0.39 is 0 Å². The number of benzene rings is 2. The van der Waals surface area contributed by atoms with Crippen LogP contribution in [-0.4, -0.2) is 34.4 Å². The van der Waals surface area contributed by atoms with Gasteiger partial charge in [0.1, 0.15) is 0 Å². The molecule has 22 heavy (non-hydrogen) atoms. The number of nitrogens with two attached hydrogens (primary N) is 2. The highest BCUT2D eigenvalue weighted by atomic mass is 32.2. The number of hydrogen-bond acceptors (Lipinski definition) is 5. The predicted molar refractivity (Wildman–Crippen MR) is 102 cm³/mol. The van der Waals surface area contributed by atoms with Crippen LogP contribution in [0.1, 0.15) is 0 Å². The van der Waals surface area contributed by atoms with Crippen LogP contribution in [0.2, 0.25) is 0 Å². The van der Waals surface area contributed by atoms with Crippen molar-refractivity contribution in [2.75, 3.05) is 55.7 Å². The molecule has 0 fully saturated rings. The Morgan fingerprint density at radius 3 is 1.73 bits per heavy atom. The summed E-state index contributed by atoms with van der Waals surface area (Å²) in [5, 5.41) is 0. The molecule has 2 rings (SSSR count). The van der Waals surface area contributed by atoms with E-state index in [9.17, 15) is 0 Å². The molecule has 0 atom stereocenters. The second-order valence-corrected chi connectivity index (χ2v) is 6.15. The number of rotatable bonds is 3. The van der Waals surface area contributed by atoms with E-state index in [0.29, 0.717) is 0 Å². The van der Waals surface area contributed by atoms with Crippen molar-refractivity contribution in [2.24, 2.45) is 0 Å². The Labute approximate surface area is 138 Å². The summed E-state index contributed by atoms with van der Waals surface area (Å²) < 4.78 is 0. The Bertz CT molecular complexity index is 580. The molecule has 0 spiro atoms. The molecule has 2 aromatic rings. The molecule has 0 aliphatic rings. The fourth-order valence-electron chi connectivity index (χ4n) is 1.75. The molecule has 0 saturated heterocycles. The monoisotopic (exact) mass is 318 g/mol. The van der Waals surface area contributed by atoms with Crippen molar-refractivity contribution < 1.29 is 0 Å². The summed E-state index contributed by atoms with van der Waals surface area (Å²) in [5.41, 5.74) is 15.3. The van der Waals surface area contributed by atoms with E-state index >= 15 is 0 Å². The number of anilines is 4. The van der Waals surface area contributed by atoms with Crippen molar-refractivity contribution in [2.45, 2.75) is 4.90 Å². The molecule has 4 nitrogen and oxygen atoms in total. The van der Waals surface area contributed by atoms with E-state index in [1.54, 1.807) is 11.8 Å². The first-order valence-electron chi connectivity index (χ1n) is 6.99. The van der Waals surface area contributed by atoms with Crippen LogP contribution in [0.15, 0.2) is 47.4 Å². The lowest BCUT2D eigenvalue weighted by atomic mass is 10.3. The van der Waals surface area contributed by atoms with Crippen LogP contribution in [-0.2, 0) is 0 Å². The molecular formula is C17H26N4S. The van der Waals surface area contributed by atoms with Gasteiger partial charge in [-0.25, -0.2) is 0 Å². The van der Waals surface area contributed by atoms with Crippen LogP contribution >= 0.6 is 11.8 Å². The summed E-state index contributed by atoms with van der Waals surface area (Å²) in [4.78, 5) is 5.25. The smallest absolute Gasteiger partial charge is 0.0453 e. The molecule has 120 valence electrons. The third kappa shape index (κ3) is 5.41. The fourth-order valence-corrected chi connectivity index (χ4v) is 2.29. The molecule has 0 saturated carbocycles. The second-order valence-electron chi connectivity index (χ2n) is 5.31. The third-order valence-electron chi connectivity index (χ3n) is 3.14. The zero-order valence-corrected chi connectivity index (χ0v) is 14.8.